The largest absolute Gasteiger partial charge is 0.481 e. The smallest absolute Gasteiger partial charge is 0.341 e. The number of carboxylic acids is 1. The van der Waals surface area contributed by atoms with E-state index >= 15 is 0 Å². The number of H-pyrrole nitrogens is 1. The molecule has 0 fully saturated rings. The monoisotopic (exact) mass is 372 g/mol. The summed E-state index contributed by atoms with van der Waals surface area (Å²) >= 11 is 5.18. The van der Waals surface area contributed by atoms with Gasteiger partial charge in [-0.2, -0.15) is 14.9 Å². The third-order valence-electron chi connectivity index (χ3n) is 3.34. The summed E-state index contributed by atoms with van der Waals surface area (Å²) in [5, 5.41) is 19.8. The molecule has 3 rings (SSSR count). The van der Waals surface area contributed by atoms with Crippen molar-refractivity contribution in [1.29, 1.82) is 0 Å². The van der Waals surface area contributed by atoms with E-state index in [9.17, 15) is 9.18 Å². The summed E-state index contributed by atoms with van der Waals surface area (Å²) in [6.07, 6.45) is 1.48. The number of nitrogens with one attached hydrogen (secondary N) is 1. The molecule has 0 aliphatic carbocycles. The third-order valence-corrected chi connectivity index (χ3v) is 3.60. The summed E-state index contributed by atoms with van der Waals surface area (Å²) in [5.74, 6) is -0.651. The molecule has 0 aliphatic rings. The lowest BCUT2D eigenvalue weighted by Crippen LogP contribution is -2.10. The van der Waals surface area contributed by atoms with Crippen LogP contribution in [0.15, 0.2) is 53.6 Å². The molecule has 26 heavy (non-hydrogen) atoms. The number of aromatic amines is 1. The van der Waals surface area contributed by atoms with E-state index in [2.05, 4.69) is 15.3 Å². The van der Waals surface area contributed by atoms with Crippen LogP contribution in [-0.2, 0) is 4.79 Å². The molecule has 2 N–H and O–H groups in total. The first kappa shape index (κ1) is 17.5. The van der Waals surface area contributed by atoms with Crippen LogP contribution in [0.3, 0.4) is 0 Å². The summed E-state index contributed by atoms with van der Waals surface area (Å²) in [5.41, 5.74) is 1.20. The molecule has 0 saturated carbocycles. The van der Waals surface area contributed by atoms with Gasteiger partial charge in [0, 0.05) is 11.1 Å². The lowest BCUT2D eigenvalue weighted by atomic mass is 10.2. The van der Waals surface area contributed by atoms with Crippen LogP contribution in [0.5, 0.6) is 5.75 Å². The topological polar surface area (TPSA) is 92.5 Å². The Bertz CT molecular complexity index is 1010. The summed E-state index contributed by atoms with van der Waals surface area (Å²) in [7, 11) is 0. The summed E-state index contributed by atoms with van der Waals surface area (Å²) in [6, 6.07) is 12.6. The van der Waals surface area contributed by atoms with Crippen LogP contribution in [0.25, 0.3) is 11.4 Å². The standard InChI is InChI=1S/C17H13FN4O3S/c18-13-7-5-11(6-8-13)16-20-21-17(26)22(16)19-9-12-3-1-2-4-14(12)25-10-15(23)24/h1-9H,10H2,(H,21,26)(H,23,24). The first-order chi connectivity index (χ1) is 12.5. The van der Waals surface area contributed by atoms with Crippen molar-refractivity contribution in [1.82, 2.24) is 14.9 Å². The fourth-order valence-electron chi connectivity index (χ4n) is 2.16. The number of ether oxygens (including phenoxy) is 1. The van der Waals surface area contributed by atoms with Gasteiger partial charge in [-0.25, -0.2) is 14.3 Å². The Balaban J connectivity index is 1.93. The highest BCUT2D eigenvalue weighted by Gasteiger charge is 2.09. The van der Waals surface area contributed by atoms with Gasteiger partial charge in [-0.1, -0.05) is 12.1 Å². The molecule has 7 nitrogen and oxygen atoms in total. The Kier molecular flexibility index (Phi) is 5.18. The summed E-state index contributed by atoms with van der Waals surface area (Å²) in [4.78, 5) is 10.7. The highest BCUT2D eigenvalue weighted by atomic mass is 32.1. The minimum atomic E-state index is -1.08. The van der Waals surface area contributed by atoms with Crippen LogP contribution in [0.4, 0.5) is 4.39 Å². The molecule has 0 bridgehead atoms. The molecular formula is C17H13FN4O3S. The molecule has 9 heteroatoms. The average molecular weight is 372 g/mol. The Hall–Kier alpha value is -3.33. The van der Waals surface area contributed by atoms with Gasteiger partial charge in [0.15, 0.2) is 12.4 Å². The van der Waals surface area contributed by atoms with Crippen molar-refractivity contribution in [3.8, 4) is 17.1 Å². The number of hydrogen-bond acceptors (Lipinski definition) is 5. The highest BCUT2D eigenvalue weighted by molar-refractivity contribution is 7.71. The predicted molar refractivity (Wildman–Crippen MR) is 95.4 cm³/mol. The number of carbonyl (C=O) groups is 1. The van der Waals surface area contributed by atoms with Crippen LogP contribution in [0, 0.1) is 10.6 Å². The number of para-hydroxylation sites is 1. The maximum atomic E-state index is 13.1. The zero-order chi connectivity index (χ0) is 18.5. The molecule has 1 aromatic heterocycles. The maximum Gasteiger partial charge on any atom is 0.341 e. The summed E-state index contributed by atoms with van der Waals surface area (Å²) in [6.45, 7) is -0.461. The molecule has 0 aliphatic heterocycles. The molecule has 0 unspecified atom stereocenters. The molecule has 0 atom stereocenters. The predicted octanol–water partition coefficient (Wildman–Crippen LogP) is 3.09. The Labute approximate surface area is 152 Å². The van der Waals surface area contributed by atoms with Gasteiger partial charge in [0.25, 0.3) is 0 Å². The van der Waals surface area contributed by atoms with Gasteiger partial charge in [0.2, 0.25) is 4.77 Å². The Morgan fingerprint density at radius 3 is 2.77 bits per heavy atom. The van der Waals surface area contributed by atoms with Gasteiger partial charge in [-0.15, -0.1) is 0 Å². The zero-order valence-electron chi connectivity index (χ0n) is 13.3. The third kappa shape index (κ3) is 4.01. The van der Waals surface area contributed by atoms with Gasteiger partial charge in [-0.3, -0.25) is 0 Å². The summed E-state index contributed by atoms with van der Waals surface area (Å²) < 4.78 is 20.0. The van der Waals surface area contributed by atoms with Crippen LogP contribution in [0.2, 0.25) is 0 Å². The second kappa shape index (κ2) is 7.70. The number of halogens is 1. The van der Waals surface area contributed by atoms with E-state index < -0.39 is 12.6 Å². The lowest BCUT2D eigenvalue weighted by Gasteiger charge is -2.06. The molecular weight excluding hydrogens is 359 g/mol. The fraction of sp³-hybridized carbons (Fsp3) is 0.0588. The minimum absolute atomic E-state index is 0.254. The molecule has 0 radical (unpaired) electrons. The van der Waals surface area contributed by atoms with Crippen LogP contribution in [-0.4, -0.2) is 38.8 Å². The van der Waals surface area contributed by atoms with E-state index in [1.54, 1.807) is 36.4 Å². The molecule has 0 amide bonds. The molecule has 3 aromatic rings. The van der Waals surface area contributed by atoms with Crippen molar-refractivity contribution in [2.75, 3.05) is 6.61 Å². The molecule has 0 saturated heterocycles. The first-order valence-electron chi connectivity index (χ1n) is 7.46. The van der Waals surface area contributed by atoms with E-state index in [0.29, 0.717) is 22.7 Å². The number of nitrogens with zero attached hydrogens (tertiary/aromatic N) is 3. The average Bonchev–Trinajstić information content (AvgIpc) is 3.00. The van der Waals surface area contributed by atoms with E-state index in [0.717, 1.165) is 0 Å². The van der Waals surface area contributed by atoms with Crippen molar-refractivity contribution in [3.63, 3.8) is 0 Å². The molecule has 1 heterocycles. The van der Waals surface area contributed by atoms with Gasteiger partial charge >= 0.3 is 5.97 Å². The highest BCUT2D eigenvalue weighted by Crippen LogP contribution is 2.19. The van der Waals surface area contributed by atoms with Crippen LogP contribution >= 0.6 is 12.2 Å². The quantitative estimate of drug-likeness (QED) is 0.512. The van der Waals surface area contributed by atoms with Gasteiger partial charge in [0.1, 0.15) is 11.6 Å². The second-order valence-electron chi connectivity index (χ2n) is 5.14. The van der Waals surface area contributed by atoms with Crippen molar-refractivity contribution < 1.29 is 19.0 Å². The molecule has 0 spiro atoms. The SMILES string of the molecule is O=C(O)COc1ccccc1C=Nn1c(-c2ccc(F)cc2)n[nH]c1=S. The van der Waals surface area contributed by atoms with Crippen LogP contribution < -0.4 is 4.74 Å². The number of hydrogen-bond donors (Lipinski definition) is 2. The zero-order valence-corrected chi connectivity index (χ0v) is 14.1. The van der Waals surface area contributed by atoms with Gasteiger partial charge in [0.05, 0.1) is 6.21 Å². The van der Waals surface area contributed by atoms with Gasteiger partial charge in [-0.05, 0) is 48.6 Å². The van der Waals surface area contributed by atoms with Gasteiger partial charge < -0.3 is 9.84 Å². The molecule has 132 valence electrons. The number of aromatic nitrogens is 3. The van der Waals surface area contributed by atoms with E-state index in [4.69, 9.17) is 22.1 Å². The first-order valence-corrected chi connectivity index (χ1v) is 7.87. The maximum absolute atomic E-state index is 13.1. The van der Waals surface area contributed by atoms with E-state index in [-0.39, 0.29) is 10.6 Å². The number of benzene rings is 2. The molecule has 2 aromatic carbocycles. The lowest BCUT2D eigenvalue weighted by molar-refractivity contribution is -0.139. The number of carboxylic acid groups (broad SMARTS) is 1. The fourth-order valence-corrected chi connectivity index (χ4v) is 2.34. The second-order valence-corrected chi connectivity index (χ2v) is 5.52. The van der Waals surface area contributed by atoms with Crippen molar-refractivity contribution in [2.24, 2.45) is 5.10 Å². The van der Waals surface area contributed by atoms with Crippen molar-refractivity contribution >= 4 is 24.4 Å². The normalized spacial score (nSPS) is 11.0. The Morgan fingerprint density at radius 2 is 2.04 bits per heavy atom. The number of rotatable bonds is 6. The van der Waals surface area contributed by atoms with Crippen LogP contribution in [0.1, 0.15) is 5.56 Å². The van der Waals surface area contributed by atoms with Crippen molar-refractivity contribution in [3.05, 3.63) is 64.7 Å². The Morgan fingerprint density at radius 1 is 1.31 bits per heavy atom. The minimum Gasteiger partial charge on any atom is -0.481 e. The number of aliphatic carboxylic acids is 1. The van der Waals surface area contributed by atoms with E-state index in [1.807, 2.05) is 0 Å². The van der Waals surface area contributed by atoms with E-state index in [1.165, 1.54) is 23.0 Å². The van der Waals surface area contributed by atoms with Crippen molar-refractivity contribution in [2.45, 2.75) is 0 Å².